The number of aliphatic hydroxyl groups is 1. The summed E-state index contributed by atoms with van der Waals surface area (Å²) < 4.78 is 11.4. The summed E-state index contributed by atoms with van der Waals surface area (Å²) in [5.74, 6) is -2.23. The van der Waals surface area contributed by atoms with Crippen LogP contribution >= 0.6 is 23.2 Å². The molecule has 0 aliphatic heterocycles. The second kappa shape index (κ2) is 8.06. The van der Waals surface area contributed by atoms with Crippen molar-refractivity contribution in [1.82, 2.24) is 0 Å². The van der Waals surface area contributed by atoms with Gasteiger partial charge in [-0.2, -0.15) is 0 Å². The molecule has 1 aromatic heterocycles. The van der Waals surface area contributed by atoms with Gasteiger partial charge >= 0.3 is 5.97 Å². The van der Waals surface area contributed by atoms with Gasteiger partial charge in [0.2, 0.25) is 5.76 Å². The smallest absolute Gasteiger partial charge is 0.375 e. The molecule has 8 heteroatoms. The van der Waals surface area contributed by atoms with Crippen LogP contribution in [0.1, 0.15) is 57.0 Å². The van der Waals surface area contributed by atoms with Gasteiger partial charge in [0.1, 0.15) is 0 Å². The first-order chi connectivity index (χ1) is 16.5. The van der Waals surface area contributed by atoms with Crippen LogP contribution in [0.15, 0.2) is 46.6 Å². The minimum absolute atomic E-state index is 0.0118. The number of ether oxygens (including phenoxy) is 1. The standard InChI is InChI=1S/C27H30Cl2O6/c1-15-11-19-18-7-6-16-12-17(30)8-9-24(16,2)26(18,33)21(29)13-25(19,3)27(15,22(31)14-28)35-23(32)20-5-4-10-34-20/h4-5,8-10,12,15,18-19,21,33H,6-7,11,13-14H2,1-3H3/t15-,18+,19+,21-,24+,25+,26-,27+/m1/s1. The van der Waals surface area contributed by atoms with E-state index in [0.717, 1.165) is 5.57 Å². The molecule has 1 N–H and O–H groups in total. The highest BCUT2D eigenvalue weighted by Crippen LogP contribution is 2.71. The lowest BCUT2D eigenvalue weighted by atomic mass is 9.44. The molecule has 0 spiro atoms. The van der Waals surface area contributed by atoms with Crippen LogP contribution in [0, 0.1) is 28.6 Å². The summed E-state index contributed by atoms with van der Waals surface area (Å²) in [5, 5.41) is 11.6. The molecule has 3 saturated carbocycles. The molecule has 4 aliphatic carbocycles. The molecule has 0 saturated heterocycles. The van der Waals surface area contributed by atoms with E-state index in [2.05, 4.69) is 0 Å². The molecule has 8 atom stereocenters. The Kier molecular flexibility index (Phi) is 5.71. The Balaban J connectivity index is 1.61. The Hall–Kier alpha value is -1.89. The summed E-state index contributed by atoms with van der Waals surface area (Å²) in [4.78, 5) is 38.8. The third-order valence-corrected chi connectivity index (χ3v) is 10.5. The number of hydrogen-bond acceptors (Lipinski definition) is 6. The lowest BCUT2D eigenvalue weighted by Crippen LogP contribution is -2.70. The first-order valence-corrected chi connectivity index (χ1v) is 13.1. The highest BCUT2D eigenvalue weighted by molar-refractivity contribution is 6.29. The van der Waals surface area contributed by atoms with Crippen molar-refractivity contribution in [2.24, 2.45) is 28.6 Å². The van der Waals surface area contributed by atoms with Gasteiger partial charge < -0.3 is 14.3 Å². The van der Waals surface area contributed by atoms with E-state index in [1.54, 1.807) is 18.2 Å². The summed E-state index contributed by atoms with van der Waals surface area (Å²) in [6.45, 7) is 5.79. The van der Waals surface area contributed by atoms with Crippen molar-refractivity contribution >= 4 is 40.7 Å². The van der Waals surface area contributed by atoms with Crippen molar-refractivity contribution in [3.63, 3.8) is 0 Å². The fraction of sp³-hybridized carbons (Fsp3) is 0.593. The van der Waals surface area contributed by atoms with E-state index in [1.807, 2.05) is 20.8 Å². The summed E-state index contributed by atoms with van der Waals surface area (Å²) in [6.07, 6.45) is 8.37. The number of carbonyl (C=O) groups is 3. The first kappa shape index (κ1) is 24.8. The maximum absolute atomic E-state index is 13.6. The van der Waals surface area contributed by atoms with Gasteiger partial charge in [0.05, 0.1) is 23.1 Å². The SMILES string of the molecule is C[C@@H]1C[C@H]2[C@@H]3CCC4=CC(=O)C=C[C@]4(C)[C@]3(O)[C@H](Cl)C[C@]2(C)[C@@]1(OC(=O)c1ccco1)C(=O)CCl. The van der Waals surface area contributed by atoms with E-state index in [0.29, 0.717) is 19.3 Å². The molecule has 35 heavy (non-hydrogen) atoms. The maximum Gasteiger partial charge on any atom is 0.375 e. The van der Waals surface area contributed by atoms with E-state index >= 15 is 0 Å². The number of carbonyl (C=O) groups excluding carboxylic acids is 3. The fourth-order valence-electron chi connectivity index (χ4n) is 8.07. The van der Waals surface area contributed by atoms with Gasteiger partial charge in [0.25, 0.3) is 0 Å². The van der Waals surface area contributed by atoms with Crippen molar-refractivity contribution in [1.29, 1.82) is 0 Å². The monoisotopic (exact) mass is 520 g/mol. The van der Waals surface area contributed by atoms with E-state index in [-0.39, 0.29) is 47.4 Å². The normalized spacial score (nSPS) is 44.2. The Morgan fingerprint density at radius 2 is 2.03 bits per heavy atom. The van der Waals surface area contributed by atoms with Crippen LogP contribution in [-0.2, 0) is 14.3 Å². The van der Waals surface area contributed by atoms with Gasteiger partial charge in [-0.25, -0.2) is 4.79 Å². The van der Waals surface area contributed by atoms with Gasteiger partial charge in [-0.1, -0.05) is 25.5 Å². The molecular formula is C27H30Cl2O6. The molecular weight excluding hydrogens is 491 g/mol. The molecule has 0 bridgehead atoms. The molecule has 0 radical (unpaired) electrons. The number of fused-ring (bicyclic) bond motifs is 5. The summed E-state index contributed by atoms with van der Waals surface area (Å²) >= 11 is 13.2. The van der Waals surface area contributed by atoms with Crippen LogP contribution in [0.5, 0.6) is 0 Å². The average molecular weight is 521 g/mol. The molecule has 1 heterocycles. The van der Waals surface area contributed by atoms with Gasteiger partial charge in [0, 0.05) is 16.7 Å². The molecule has 6 nitrogen and oxygen atoms in total. The number of furan rings is 1. The summed E-state index contributed by atoms with van der Waals surface area (Å²) in [6, 6.07) is 3.08. The summed E-state index contributed by atoms with van der Waals surface area (Å²) in [5.41, 5.74) is -3.60. The minimum atomic E-state index is -1.51. The van der Waals surface area contributed by atoms with Gasteiger partial charge in [-0.15, -0.1) is 23.2 Å². The van der Waals surface area contributed by atoms with E-state index in [1.165, 1.54) is 18.4 Å². The van der Waals surface area contributed by atoms with Crippen molar-refractivity contribution in [3.05, 3.63) is 48.0 Å². The van der Waals surface area contributed by atoms with Crippen molar-refractivity contribution in [2.45, 2.75) is 63.0 Å². The topological polar surface area (TPSA) is 93.8 Å². The van der Waals surface area contributed by atoms with Crippen LogP contribution in [-0.4, -0.2) is 45.1 Å². The predicted octanol–water partition coefficient (Wildman–Crippen LogP) is 4.87. The van der Waals surface area contributed by atoms with Crippen LogP contribution in [0.4, 0.5) is 0 Å². The van der Waals surface area contributed by atoms with Crippen molar-refractivity contribution in [3.8, 4) is 0 Å². The number of Topliss-reactive ketones (excluding diaryl/α,β-unsaturated/α-hetero) is 1. The third kappa shape index (κ3) is 3.02. The Morgan fingerprint density at radius 1 is 1.29 bits per heavy atom. The molecule has 4 aliphatic rings. The number of hydrogen-bond donors (Lipinski definition) is 1. The predicted molar refractivity (Wildman–Crippen MR) is 130 cm³/mol. The fourth-order valence-corrected chi connectivity index (χ4v) is 8.98. The Morgan fingerprint density at radius 3 is 2.69 bits per heavy atom. The number of rotatable bonds is 4. The Bertz CT molecular complexity index is 1140. The molecule has 3 fully saturated rings. The molecule has 0 amide bonds. The highest BCUT2D eigenvalue weighted by Gasteiger charge is 2.76. The van der Waals surface area contributed by atoms with Crippen LogP contribution in [0.3, 0.4) is 0 Å². The zero-order valence-corrected chi connectivity index (χ0v) is 21.6. The third-order valence-electron chi connectivity index (χ3n) is 9.73. The second-order valence-corrected chi connectivity index (χ2v) is 11.9. The van der Waals surface area contributed by atoms with Crippen molar-refractivity contribution in [2.75, 3.05) is 5.88 Å². The van der Waals surface area contributed by atoms with Crippen LogP contribution in [0.2, 0.25) is 0 Å². The largest absolute Gasteiger partial charge is 0.457 e. The Labute approximate surface area is 214 Å². The van der Waals surface area contributed by atoms with Crippen LogP contribution < -0.4 is 0 Å². The first-order valence-electron chi connectivity index (χ1n) is 12.1. The molecule has 5 rings (SSSR count). The number of esters is 1. The molecule has 0 aromatic carbocycles. The number of ketones is 2. The zero-order valence-electron chi connectivity index (χ0n) is 20.1. The van der Waals surface area contributed by atoms with E-state index < -0.39 is 33.4 Å². The second-order valence-electron chi connectivity index (χ2n) is 11.1. The average Bonchev–Trinajstić information content (AvgIpc) is 3.42. The number of allylic oxidation sites excluding steroid dienone is 2. The lowest BCUT2D eigenvalue weighted by Gasteiger charge is -2.64. The van der Waals surface area contributed by atoms with Crippen molar-refractivity contribution < 1.29 is 28.6 Å². The van der Waals surface area contributed by atoms with Gasteiger partial charge in [-0.3, -0.25) is 9.59 Å². The number of alkyl halides is 2. The molecule has 188 valence electrons. The molecule has 1 aromatic rings. The highest BCUT2D eigenvalue weighted by atomic mass is 35.5. The van der Waals surface area contributed by atoms with Gasteiger partial charge in [0.15, 0.2) is 17.2 Å². The quantitative estimate of drug-likeness (QED) is 0.449. The van der Waals surface area contributed by atoms with Crippen LogP contribution in [0.25, 0.3) is 0 Å². The summed E-state index contributed by atoms with van der Waals surface area (Å²) in [7, 11) is 0. The minimum Gasteiger partial charge on any atom is -0.457 e. The van der Waals surface area contributed by atoms with Gasteiger partial charge in [-0.05, 0) is 68.7 Å². The molecule has 0 unspecified atom stereocenters. The van der Waals surface area contributed by atoms with E-state index in [9.17, 15) is 19.5 Å². The lowest BCUT2D eigenvalue weighted by molar-refractivity contribution is -0.199. The number of halogens is 2. The van der Waals surface area contributed by atoms with E-state index in [4.69, 9.17) is 32.4 Å². The maximum atomic E-state index is 13.6. The zero-order chi connectivity index (χ0) is 25.4.